The van der Waals surface area contributed by atoms with E-state index in [1.807, 2.05) is 6.92 Å². The Morgan fingerprint density at radius 1 is 1.35 bits per heavy atom. The summed E-state index contributed by atoms with van der Waals surface area (Å²) in [4.78, 5) is 23.2. The second-order valence-electron chi connectivity index (χ2n) is 4.85. The van der Waals surface area contributed by atoms with Crippen LogP contribution in [0.1, 0.15) is 16.1 Å². The quantitative estimate of drug-likeness (QED) is 0.726. The highest BCUT2D eigenvalue weighted by Crippen LogP contribution is 2.34. The third kappa shape index (κ3) is 2.44. The van der Waals surface area contributed by atoms with E-state index in [9.17, 15) is 9.59 Å². The van der Waals surface area contributed by atoms with Crippen LogP contribution >= 0.6 is 11.6 Å². The van der Waals surface area contributed by atoms with Crippen molar-refractivity contribution in [1.82, 2.24) is 9.78 Å². The SMILES string of the molecule is COC(=O)c1cc(-c2oc3ccc(Cl)cc3c2C)n(C(N)=O)n1. The number of benzene rings is 1. The van der Waals surface area contributed by atoms with Gasteiger partial charge in [0.2, 0.25) is 0 Å². The van der Waals surface area contributed by atoms with Crippen LogP contribution in [-0.2, 0) is 4.74 Å². The zero-order chi connectivity index (χ0) is 16.7. The summed E-state index contributed by atoms with van der Waals surface area (Å²) >= 11 is 6.00. The summed E-state index contributed by atoms with van der Waals surface area (Å²) < 4.78 is 11.3. The lowest BCUT2D eigenvalue weighted by molar-refractivity contribution is 0.0593. The number of carbonyl (C=O) groups is 2. The fourth-order valence-electron chi connectivity index (χ4n) is 2.35. The number of hydrogen-bond donors (Lipinski definition) is 1. The minimum Gasteiger partial charge on any atom is -0.464 e. The van der Waals surface area contributed by atoms with Crippen LogP contribution in [0.15, 0.2) is 28.7 Å². The number of esters is 1. The molecule has 3 rings (SSSR count). The van der Waals surface area contributed by atoms with E-state index in [2.05, 4.69) is 9.84 Å². The molecule has 2 N–H and O–H groups in total. The second kappa shape index (κ2) is 5.44. The Hall–Kier alpha value is -2.80. The van der Waals surface area contributed by atoms with Crippen LogP contribution in [0, 0.1) is 6.92 Å². The van der Waals surface area contributed by atoms with Crippen LogP contribution in [0.3, 0.4) is 0 Å². The average Bonchev–Trinajstić information content (AvgIpc) is 3.09. The van der Waals surface area contributed by atoms with Crippen LogP contribution in [0.2, 0.25) is 5.02 Å². The minimum atomic E-state index is -0.840. The first-order valence-corrected chi connectivity index (χ1v) is 6.97. The van der Waals surface area contributed by atoms with Gasteiger partial charge in [0.1, 0.15) is 11.3 Å². The molecule has 118 valence electrons. The molecule has 3 aromatic rings. The Bertz CT molecular complexity index is 942. The number of halogens is 1. The van der Waals surface area contributed by atoms with Gasteiger partial charge in [-0.2, -0.15) is 9.78 Å². The summed E-state index contributed by atoms with van der Waals surface area (Å²) in [6, 6.07) is 5.73. The highest BCUT2D eigenvalue weighted by Gasteiger charge is 2.23. The van der Waals surface area contributed by atoms with E-state index >= 15 is 0 Å². The largest absolute Gasteiger partial charge is 0.464 e. The highest BCUT2D eigenvalue weighted by molar-refractivity contribution is 6.31. The molecule has 0 radical (unpaired) electrons. The van der Waals surface area contributed by atoms with Gasteiger partial charge in [-0.15, -0.1) is 0 Å². The number of hydrogen-bond acceptors (Lipinski definition) is 5. The summed E-state index contributed by atoms with van der Waals surface area (Å²) in [5, 5.41) is 5.22. The van der Waals surface area contributed by atoms with Crippen LogP contribution in [0.25, 0.3) is 22.4 Å². The zero-order valence-electron chi connectivity index (χ0n) is 12.3. The molecule has 0 aliphatic carbocycles. The molecule has 0 saturated heterocycles. The molecule has 0 aliphatic heterocycles. The molecule has 0 unspecified atom stereocenters. The first-order valence-electron chi connectivity index (χ1n) is 6.59. The molecule has 0 spiro atoms. The van der Waals surface area contributed by atoms with Crippen molar-refractivity contribution in [2.75, 3.05) is 7.11 Å². The summed E-state index contributed by atoms with van der Waals surface area (Å²) in [6.07, 6.45) is 0. The molecule has 0 saturated carbocycles. The number of primary amides is 1. The second-order valence-corrected chi connectivity index (χ2v) is 5.29. The third-order valence-corrected chi connectivity index (χ3v) is 3.68. The molecule has 8 heteroatoms. The predicted molar refractivity (Wildman–Crippen MR) is 83.5 cm³/mol. The summed E-state index contributed by atoms with van der Waals surface area (Å²) in [7, 11) is 1.22. The number of nitrogens with zero attached hydrogens (tertiary/aromatic N) is 2. The maximum Gasteiger partial charge on any atom is 0.358 e. The van der Waals surface area contributed by atoms with Gasteiger partial charge in [-0.1, -0.05) is 11.6 Å². The van der Waals surface area contributed by atoms with E-state index in [4.69, 9.17) is 21.8 Å². The number of furan rings is 1. The Labute approximate surface area is 135 Å². The lowest BCUT2D eigenvalue weighted by atomic mass is 10.1. The normalized spacial score (nSPS) is 10.9. The van der Waals surface area contributed by atoms with Crippen LogP contribution in [0.4, 0.5) is 4.79 Å². The van der Waals surface area contributed by atoms with E-state index < -0.39 is 12.0 Å². The van der Waals surface area contributed by atoms with Crippen molar-refractivity contribution in [2.45, 2.75) is 6.92 Å². The van der Waals surface area contributed by atoms with E-state index in [0.29, 0.717) is 16.4 Å². The lowest BCUT2D eigenvalue weighted by Crippen LogP contribution is -2.22. The summed E-state index contributed by atoms with van der Waals surface area (Å²) in [5.41, 5.74) is 6.89. The monoisotopic (exact) mass is 333 g/mol. The smallest absolute Gasteiger partial charge is 0.358 e. The van der Waals surface area contributed by atoms with Gasteiger partial charge in [0.15, 0.2) is 11.5 Å². The molecular weight excluding hydrogens is 322 g/mol. The Balaban J connectivity index is 2.25. The molecule has 1 amide bonds. The van der Waals surface area contributed by atoms with Crippen LogP contribution in [-0.4, -0.2) is 28.9 Å². The van der Waals surface area contributed by atoms with Gasteiger partial charge < -0.3 is 14.9 Å². The maximum absolute atomic E-state index is 11.6. The Kier molecular flexibility index (Phi) is 3.57. The zero-order valence-corrected chi connectivity index (χ0v) is 13.0. The van der Waals surface area contributed by atoms with Gasteiger partial charge in [0.25, 0.3) is 0 Å². The van der Waals surface area contributed by atoms with Gasteiger partial charge >= 0.3 is 12.0 Å². The molecule has 7 nitrogen and oxygen atoms in total. The molecule has 0 aliphatic rings. The number of fused-ring (bicyclic) bond motifs is 1. The maximum atomic E-state index is 11.6. The fourth-order valence-corrected chi connectivity index (χ4v) is 2.52. The highest BCUT2D eigenvalue weighted by atomic mass is 35.5. The van der Waals surface area contributed by atoms with Crippen molar-refractivity contribution in [2.24, 2.45) is 5.73 Å². The molecule has 2 heterocycles. The molecule has 23 heavy (non-hydrogen) atoms. The van der Waals surface area contributed by atoms with Gasteiger partial charge in [0, 0.05) is 22.0 Å². The van der Waals surface area contributed by atoms with Crippen molar-refractivity contribution in [3.8, 4) is 11.5 Å². The lowest BCUT2D eigenvalue weighted by Gasteiger charge is -2.00. The van der Waals surface area contributed by atoms with Gasteiger partial charge in [-0.25, -0.2) is 9.59 Å². The van der Waals surface area contributed by atoms with Crippen molar-refractivity contribution in [3.63, 3.8) is 0 Å². The third-order valence-electron chi connectivity index (χ3n) is 3.44. The number of rotatable bonds is 2. The van der Waals surface area contributed by atoms with Crippen molar-refractivity contribution >= 4 is 34.6 Å². The molecule has 0 bridgehead atoms. The molecular formula is C15H12ClN3O4. The number of aromatic nitrogens is 2. The number of methoxy groups -OCH3 is 1. The van der Waals surface area contributed by atoms with Gasteiger partial charge in [-0.05, 0) is 25.1 Å². The van der Waals surface area contributed by atoms with Crippen LogP contribution < -0.4 is 5.73 Å². The van der Waals surface area contributed by atoms with E-state index in [1.54, 1.807) is 18.2 Å². The van der Waals surface area contributed by atoms with E-state index in [1.165, 1.54) is 13.2 Å². The average molecular weight is 334 g/mol. The number of ether oxygens (including phenoxy) is 1. The standard InChI is InChI=1S/C15H12ClN3O4/c1-7-9-5-8(16)3-4-12(9)23-13(7)11-6-10(14(20)22-2)18-19(11)15(17)21/h3-6H,1-2H3,(H2,17,21). The fraction of sp³-hybridized carbons (Fsp3) is 0.133. The van der Waals surface area contributed by atoms with Crippen molar-refractivity contribution < 1.29 is 18.7 Å². The number of aryl methyl sites for hydroxylation is 1. The summed E-state index contributed by atoms with van der Waals surface area (Å²) in [5.74, 6) is -0.299. The van der Waals surface area contributed by atoms with Crippen LogP contribution in [0.5, 0.6) is 0 Å². The number of nitrogens with two attached hydrogens (primary N) is 1. The molecule has 0 fully saturated rings. The van der Waals surface area contributed by atoms with Crippen molar-refractivity contribution in [1.29, 1.82) is 0 Å². The first-order chi connectivity index (χ1) is 10.9. The van der Waals surface area contributed by atoms with E-state index in [0.717, 1.165) is 15.6 Å². The number of amides is 1. The summed E-state index contributed by atoms with van der Waals surface area (Å²) in [6.45, 7) is 1.81. The topological polar surface area (TPSA) is 100 Å². The van der Waals surface area contributed by atoms with Gasteiger partial charge in [-0.3, -0.25) is 0 Å². The van der Waals surface area contributed by atoms with E-state index in [-0.39, 0.29) is 11.4 Å². The minimum absolute atomic E-state index is 0.0424. The first kappa shape index (κ1) is 15.1. The van der Waals surface area contributed by atoms with Gasteiger partial charge in [0.05, 0.1) is 7.11 Å². The molecule has 2 aromatic heterocycles. The predicted octanol–water partition coefficient (Wildman–Crippen LogP) is 2.97. The molecule has 0 atom stereocenters. The number of carbonyl (C=O) groups excluding carboxylic acids is 2. The van der Waals surface area contributed by atoms with Crippen molar-refractivity contribution in [3.05, 3.63) is 40.5 Å². The molecule has 1 aromatic carbocycles. The Morgan fingerprint density at radius 3 is 2.74 bits per heavy atom. The Morgan fingerprint density at radius 2 is 2.09 bits per heavy atom.